The van der Waals surface area contributed by atoms with Gasteiger partial charge in [-0.3, -0.25) is 4.98 Å². The summed E-state index contributed by atoms with van der Waals surface area (Å²) >= 11 is 0. The van der Waals surface area contributed by atoms with Gasteiger partial charge in [0.15, 0.2) is 0 Å². The highest BCUT2D eigenvalue weighted by molar-refractivity contribution is 7.89. The highest BCUT2D eigenvalue weighted by atomic mass is 32.2. The van der Waals surface area contributed by atoms with Gasteiger partial charge in [-0.2, -0.15) is 0 Å². The van der Waals surface area contributed by atoms with Gasteiger partial charge in [0.2, 0.25) is 10.0 Å². The first-order valence-electron chi connectivity index (χ1n) is 6.80. The Balaban J connectivity index is 2.05. The van der Waals surface area contributed by atoms with E-state index in [9.17, 15) is 8.42 Å². The number of H-pyrrole nitrogens is 1. The van der Waals surface area contributed by atoms with Crippen molar-refractivity contribution in [3.05, 3.63) is 47.5 Å². The number of aryl methyl sites for hydroxylation is 1. The maximum atomic E-state index is 12.2. The van der Waals surface area contributed by atoms with E-state index in [0.29, 0.717) is 6.54 Å². The molecule has 0 bridgehead atoms. The number of nitrogens with one attached hydrogen (secondary N) is 3. The van der Waals surface area contributed by atoms with E-state index in [2.05, 4.69) is 20.0 Å². The van der Waals surface area contributed by atoms with Gasteiger partial charge in [0, 0.05) is 37.4 Å². The quantitative estimate of drug-likeness (QED) is 0.719. The third-order valence-electron chi connectivity index (χ3n) is 3.19. The number of hydrogen-bond acceptors (Lipinski definition) is 4. The summed E-state index contributed by atoms with van der Waals surface area (Å²) in [5, 5.41) is 3.14. The van der Waals surface area contributed by atoms with Crippen LogP contribution in [0.2, 0.25) is 0 Å². The Labute approximate surface area is 125 Å². The van der Waals surface area contributed by atoms with Gasteiger partial charge in [-0.25, -0.2) is 13.1 Å². The van der Waals surface area contributed by atoms with Crippen LogP contribution in [0.4, 0.5) is 0 Å². The number of hydrogen-bond donors (Lipinski definition) is 3. The molecule has 0 spiro atoms. The van der Waals surface area contributed by atoms with Gasteiger partial charge < -0.3 is 10.3 Å². The molecule has 21 heavy (non-hydrogen) atoms. The van der Waals surface area contributed by atoms with Gasteiger partial charge in [0.05, 0.1) is 4.90 Å². The Morgan fingerprint density at radius 2 is 2.14 bits per heavy atom. The fourth-order valence-electron chi connectivity index (χ4n) is 1.87. The van der Waals surface area contributed by atoms with Crippen molar-refractivity contribution in [3.63, 3.8) is 0 Å². The average molecular weight is 308 g/mol. The second kappa shape index (κ2) is 6.84. The fraction of sp³-hybridized carbons (Fsp3) is 0.357. The minimum atomic E-state index is -3.52. The van der Waals surface area contributed by atoms with Crippen LogP contribution in [-0.2, 0) is 23.1 Å². The predicted molar refractivity (Wildman–Crippen MR) is 81.2 cm³/mol. The largest absolute Gasteiger partial charge is 0.363 e. The van der Waals surface area contributed by atoms with E-state index in [1.165, 1.54) is 6.20 Å². The monoisotopic (exact) mass is 308 g/mol. The number of pyridine rings is 1. The lowest BCUT2D eigenvalue weighted by molar-refractivity contribution is 0.581. The van der Waals surface area contributed by atoms with Gasteiger partial charge in [-0.15, -0.1) is 0 Å². The number of nitrogens with zero attached hydrogens (tertiary/aromatic N) is 1. The molecule has 0 aliphatic carbocycles. The van der Waals surface area contributed by atoms with Crippen LogP contribution in [0.25, 0.3) is 0 Å². The third-order valence-corrected chi connectivity index (χ3v) is 4.57. The van der Waals surface area contributed by atoms with E-state index in [1.807, 2.05) is 19.9 Å². The lowest BCUT2D eigenvalue weighted by Gasteiger charge is -2.07. The molecule has 0 radical (unpaired) electrons. The van der Waals surface area contributed by atoms with Crippen LogP contribution in [0, 0.1) is 6.92 Å². The first kappa shape index (κ1) is 15.7. The molecule has 114 valence electrons. The summed E-state index contributed by atoms with van der Waals surface area (Å²) in [4.78, 5) is 7.22. The van der Waals surface area contributed by atoms with Crippen LogP contribution < -0.4 is 10.0 Å². The Morgan fingerprint density at radius 3 is 2.86 bits per heavy atom. The molecule has 2 heterocycles. The summed E-state index contributed by atoms with van der Waals surface area (Å²) in [6, 6.07) is 3.50. The van der Waals surface area contributed by atoms with Crippen molar-refractivity contribution in [2.75, 3.05) is 6.54 Å². The molecule has 0 saturated carbocycles. The van der Waals surface area contributed by atoms with Crippen LogP contribution in [-0.4, -0.2) is 24.9 Å². The number of sulfonamides is 1. The van der Waals surface area contributed by atoms with Crippen molar-refractivity contribution in [1.29, 1.82) is 0 Å². The van der Waals surface area contributed by atoms with E-state index in [0.717, 1.165) is 23.4 Å². The molecule has 7 heteroatoms. The lowest BCUT2D eigenvalue weighted by atomic mass is 10.2. The molecule has 0 aliphatic rings. The van der Waals surface area contributed by atoms with Crippen molar-refractivity contribution in [2.24, 2.45) is 0 Å². The van der Waals surface area contributed by atoms with E-state index in [-0.39, 0.29) is 11.4 Å². The summed E-state index contributed by atoms with van der Waals surface area (Å²) in [5.74, 6) is 0. The second-order valence-corrected chi connectivity index (χ2v) is 6.53. The topological polar surface area (TPSA) is 86.9 Å². The van der Waals surface area contributed by atoms with Gasteiger partial charge >= 0.3 is 0 Å². The number of aromatic nitrogens is 2. The minimum Gasteiger partial charge on any atom is -0.363 e. The molecule has 0 atom stereocenters. The maximum absolute atomic E-state index is 12.2. The van der Waals surface area contributed by atoms with Crippen LogP contribution in [0.5, 0.6) is 0 Å². The van der Waals surface area contributed by atoms with Crippen molar-refractivity contribution >= 4 is 10.0 Å². The predicted octanol–water partition coefficient (Wildman–Crippen LogP) is 1.31. The van der Waals surface area contributed by atoms with Crippen LogP contribution in [0.3, 0.4) is 0 Å². The van der Waals surface area contributed by atoms with Crippen molar-refractivity contribution in [1.82, 2.24) is 20.0 Å². The van der Waals surface area contributed by atoms with Crippen molar-refractivity contribution < 1.29 is 8.42 Å². The highest BCUT2D eigenvalue weighted by Crippen LogP contribution is 2.12. The fourth-order valence-corrected chi connectivity index (χ4v) is 2.90. The van der Waals surface area contributed by atoms with Crippen molar-refractivity contribution in [3.8, 4) is 0 Å². The molecule has 0 aliphatic heterocycles. The SMILES string of the molecule is CCNCc1cc(S(=O)(=O)NCc2cnccc2C)c[nH]1. The van der Waals surface area contributed by atoms with E-state index in [4.69, 9.17) is 0 Å². The molecule has 3 N–H and O–H groups in total. The highest BCUT2D eigenvalue weighted by Gasteiger charge is 2.16. The van der Waals surface area contributed by atoms with Gasteiger partial charge in [-0.1, -0.05) is 6.92 Å². The first-order valence-corrected chi connectivity index (χ1v) is 8.28. The normalized spacial score (nSPS) is 11.7. The molecule has 2 aromatic rings. The lowest BCUT2D eigenvalue weighted by Crippen LogP contribution is -2.23. The molecule has 0 aromatic carbocycles. The zero-order chi connectivity index (χ0) is 15.3. The van der Waals surface area contributed by atoms with Crippen molar-refractivity contribution in [2.45, 2.75) is 31.8 Å². The molecular weight excluding hydrogens is 288 g/mol. The number of rotatable bonds is 7. The Bertz CT molecular complexity index is 695. The smallest absolute Gasteiger partial charge is 0.242 e. The molecule has 6 nitrogen and oxygen atoms in total. The summed E-state index contributed by atoms with van der Waals surface area (Å²) in [6.07, 6.45) is 4.86. The molecule has 2 rings (SSSR count). The van der Waals surface area contributed by atoms with E-state index < -0.39 is 10.0 Å². The molecule has 0 amide bonds. The summed E-state index contributed by atoms with van der Waals surface area (Å²) in [7, 11) is -3.52. The summed E-state index contributed by atoms with van der Waals surface area (Å²) < 4.78 is 27.1. The Kier molecular flexibility index (Phi) is 5.11. The Hall–Kier alpha value is -1.70. The zero-order valence-corrected chi connectivity index (χ0v) is 13.0. The van der Waals surface area contributed by atoms with Crippen LogP contribution >= 0.6 is 0 Å². The first-order chi connectivity index (χ1) is 10.0. The molecule has 0 saturated heterocycles. The van der Waals surface area contributed by atoms with E-state index in [1.54, 1.807) is 18.5 Å². The average Bonchev–Trinajstić information content (AvgIpc) is 2.94. The van der Waals surface area contributed by atoms with Gasteiger partial charge in [0.1, 0.15) is 0 Å². The van der Waals surface area contributed by atoms with Gasteiger partial charge in [0.25, 0.3) is 0 Å². The van der Waals surface area contributed by atoms with Gasteiger partial charge in [-0.05, 0) is 36.7 Å². The van der Waals surface area contributed by atoms with E-state index >= 15 is 0 Å². The molecule has 2 aromatic heterocycles. The molecular formula is C14H20N4O2S. The standard InChI is InChI=1S/C14H20N4O2S/c1-3-15-9-13-6-14(10-17-13)21(19,20)18-8-12-7-16-5-4-11(12)2/h4-7,10,15,17-18H,3,8-9H2,1-2H3. The van der Waals surface area contributed by atoms with Crippen LogP contribution in [0.1, 0.15) is 23.7 Å². The molecule has 0 fully saturated rings. The zero-order valence-electron chi connectivity index (χ0n) is 12.2. The summed E-state index contributed by atoms with van der Waals surface area (Å²) in [5.41, 5.74) is 2.72. The maximum Gasteiger partial charge on any atom is 0.242 e. The number of aromatic amines is 1. The summed E-state index contributed by atoms with van der Waals surface area (Å²) in [6.45, 7) is 5.61. The third kappa shape index (κ3) is 4.13. The second-order valence-electron chi connectivity index (χ2n) is 4.77. The Morgan fingerprint density at radius 1 is 1.33 bits per heavy atom. The molecule has 0 unspecified atom stereocenters. The minimum absolute atomic E-state index is 0.232. The van der Waals surface area contributed by atoms with Crippen LogP contribution in [0.15, 0.2) is 35.6 Å².